The maximum Gasteiger partial charge on any atom is 0.255 e. The Bertz CT molecular complexity index is 1350. The van der Waals surface area contributed by atoms with Crippen LogP contribution in [0, 0.1) is 11.3 Å². The van der Waals surface area contributed by atoms with E-state index in [-0.39, 0.29) is 17.2 Å². The zero-order chi connectivity index (χ0) is 24.3. The standard InChI is InChI=1S/C28H25N3O3/c1-28(2)16-21-10-11-23(34-3)14-24(21)25(31-28)15-26(32)19-7-5-8-20(13-19)27(33)30-22-9-4-6-18(12-22)17-29/h4-15,31H,16H2,1-3H3,(H,30,33). The van der Waals surface area contributed by atoms with Gasteiger partial charge in [0.05, 0.1) is 18.7 Å². The summed E-state index contributed by atoms with van der Waals surface area (Å²) in [5.74, 6) is 0.150. The molecule has 0 atom stereocenters. The number of allylic oxidation sites excluding steroid dienone is 1. The number of carbonyl (C=O) groups excluding carboxylic acids is 2. The molecule has 0 bridgehead atoms. The summed E-state index contributed by atoms with van der Waals surface area (Å²) in [6.07, 6.45) is 2.40. The van der Waals surface area contributed by atoms with Gasteiger partial charge < -0.3 is 15.4 Å². The van der Waals surface area contributed by atoms with E-state index in [1.807, 2.05) is 24.3 Å². The molecule has 2 N–H and O–H groups in total. The van der Waals surface area contributed by atoms with Crippen LogP contribution in [0.2, 0.25) is 0 Å². The van der Waals surface area contributed by atoms with Crippen LogP contribution in [0.5, 0.6) is 5.75 Å². The van der Waals surface area contributed by atoms with Gasteiger partial charge in [-0.3, -0.25) is 9.59 Å². The lowest BCUT2D eigenvalue weighted by atomic mass is 9.85. The molecule has 0 aromatic heterocycles. The number of nitrogens with zero attached hydrogens (tertiary/aromatic N) is 1. The van der Waals surface area contributed by atoms with E-state index in [9.17, 15) is 9.59 Å². The first kappa shape index (κ1) is 22.8. The highest BCUT2D eigenvalue weighted by Crippen LogP contribution is 2.32. The summed E-state index contributed by atoms with van der Waals surface area (Å²) in [7, 11) is 1.61. The largest absolute Gasteiger partial charge is 0.497 e. The topological polar surface area (TPSA) is 91.2 Å². The molecule has 0 fully saturated rings. The van der Waals surface area contributed by atoms with Crippen LogP contribution in [0.15, 0.2) is 72.8 Å². The number of methoxy groups -OCH3 is 1. The van der Waals surface area contributed by atoms with E-state index in [0.717, 1.165) is 29.0 Å². The minimum atomic E-state index is -0.357. The lowest BCUT2D eigenvalue weighted by Gasteiger charge is -2.35. The Kier molecular flexibility index (Phi) is 6.20. The van der Waals surface area contributed by atoms with E-state index >= 15 is 0 Å². The predicted molar refractivity (Wildman–Crippen MR) is 132 cm³/mol. The van der Waals surface area contributed by atoms with Crippen molar-refractivity contribution >= 4 is 23.1 Å². The van der Waals surface area contributed by atoms with E-state index in [0.29, 0.717) is 22.4 Å². The van der Waals surface area contributed by atoms with E-state index in [4.69, 9.17) is 10.00 Å². The third-order valence-electron chi connectivity index (χ3n) is 5.65. The van der Waals surface area contributed by atoms with Gasteiger partial charge in [-0.2, -0.15) is 5.26 Å². The molecular formula is C28H25N3O3. The number of amides is 1. The minimum Gasteiger partial charge on any atom is -0.497 e. The van der Waals surface area contributed by atoms with E-state index in [1.165, 1.54) is 0 Å². The van der Waals surface area contributed by atoms with Gasteiger partial charge >= 0.3 is 0 Å². The highest BCUT2D eigenvalue weighted by molar-refractivity contribution is 6.11. The normalized spacial score (nSPS) is 14.9. The Balaban J connectivity index is 1.61. The number of hydrogen-bond acceptors (Lipinski definition) is 5. The van der Waals surface area contributed by atoms with Gasteiger partial charge in [0.1, 0.15) is 5.75 Å². The molecule has 6 nitrogen and oxygen atoms in total. The first-order valence-corrected chi connectivity index (χ1v) is 10.9. The summed E-state index contributed by atoms with van der Waals surface area (Å²) in [5, 5.41) is 15.3. The number of benzene rings is 3. The first-order chi connectivity index (χ1) is 16.3. The number of nitrogens with one attached hydrogen (secondary N) is 2. The number of ether oxygens (including phenoxy) is 1. The Labute approximate surface area is 198 Å². The van der Waals surface area contributed by atoms with Crippen molar-refractivity contribution in [2.75, 3.05) is 12.4 Å². The lowest BCUT2D eigenvalue weighted by molar-refractivity contribution is 0.102. The monoisotopic (exact) mass is 451 g/mol. The smallest absolute Gasteiger partial charge is 0.255 e. The summed E-state index contributed by atoms with van der Waals surface area (Å²) >= 11 is 0. The molecule has 3 aromatic carbocycles. The molecule has 0 unspecified atom stereocenters. The van der Waals surface area contributed by atoms with Gasteiger partial charge in [0.15, 0.2) is 5.78 Å². The van der Waals surface area contributed by atoms with Gasteiger partial charge in [0.25, 0.3) is 5.91 Å². The van der Waals surface area contributed by atoms with Crippen LogP contribution in [-0.4, -0.2) is 24.3 Å². The Morgan fingerprint density at radius 2 is 1.82 bits per heavy atom. The summed E-state index contributed by atoms with van der Waals surface area (Å²) in [6.45, 7) is 4.18. The average molecular weight is 452 g/mol. The zero-order valence-electron chi connectivity index (χ0n) is 19.3. The molecule has 0 aliphatic carbocycles. The van der Waals surface area contributed by atoms with E-state index in [2.05, 4.69) is 24.5 Å². The highest BCUT2D eigenvalue weighted by Gasteiger charge is 2.28. The van der Waals surface area contributed by atoms with Crippen LogP contribution < -0.4 is 15.4 Å². The summed E-state index contributed by atoms with van der Waals surface area (Å²) < 4.78 is 5.37. The van der Waals surface area contributed by atoms with Gasteiger partial charge in [-0.15, -0.1) is 0 Å². The molecule has 0 radical (unpaired) electrons. The number of fused-ring (bicyclic) bond motifs is 1. The van der Waals surface area contributed by atoms with Crippen molar-refractivity contribution in [2.24, 2.45) is 0 Å². The molecule has 0 spiro atoms. The molecule has 1 heterocycles. The second-order valence-corrected chi connectivity index (χ2v) is 8.86. The van der Waals surface area contributed by atoms with Gasteiger partial charge in [0.2, 0.25) is 0 Å². The van der Waals surface area contributed by atoms with Crippen LogP contribution >= 0.6 is 0 Å². The molecule has 0 saturated carbocycles. The summed E-state index contributed by atoms with van der Waals surface area (Å²) in [4.78, 5) is 25.9. The number of anilines is 1. The van der Waals surface area contributed by atoms with Gasteiger partial charge in [-0.1, -0.05) is 24.3 Å². The molecule has 34 heavy (non-hydrogen) atoms. The van der Waals surface area contributed by atoms with Crippen molar-refractivity contribution in [2.45, 2.75) is 25.8 Å². The van der Waals surface area contributed by atoms with Crippen molar-refractivity contribution in [1.29, 1.82) is 5.26 Å². The van der Waals surface area contributed by atoms with Crippen LogP contribution in [0.25, 0.3) is 5.70 Å². The maximum absolute atomic E-state index is 13.2. The molecule has 1 aliphatic heterocycles. The molecule has 170 valence electrons. The lowest BCUT2D eigenvalue weighted by Crippen LogP contribution is -2.43. The SMILES string of the molecule is COc1ccc2c(c1)C(=CC(=O)c1cccc(C(=O)Nc3cccc(C#N)c3)c1)NC(C)(C)C2. The Hall–Kier alpha value is -4.37. The minimum absolute atomic E-state index is 0.213. The fraction of sp³-hybridized carbons (Fsp3) is 0.179. The first-order valence-electron chi connectivity index (χ1n) is 10.9. The van der Waals surface area contributed by atoms with Crippen LogP contribution in [0.4, 0.5) is 5.69 Å². The quantitative estimate of drug-likeness (QED) is 0.422. The number of ketones is 1. The number of carbonyl (C=O) groups is 2. The number of rotatable bonds is 5. The van der Waals surface area contributed by atoms with Gasteiger partial charge in [-0.05, 0) is 68.3 Å². The van der Waals surface area contributed by atoms with Crippen molar-refractivity contribution < 1.29 is 14.3 Å². The maximum atomic E-state index is 13.2. The fourth-order valence-electron chi connectivity index (χ4n) is 4.05. The molecule has 3 aromatic rings. The van der Waals surface area contributed by atoms with Crippen LogP contribution in [0.3, 0.4) is 0 Å². The second-order valence-electron chi connectivity index (χ2n) is 8.86. The molecule has 0 saturated heterocycles. The van der Waals surface area contributed by atoms with Crippen molar-refractivity contribution in [3.05, 3.63) is 101 Å². The van der Waals surface area contributed by atoms with Gasteiger partial charge in [0, 0.05) is 39.7 Å². The van der Waals surface area contributed by atoms with E-state index < -0.39 is 0 Å². The van der Waals surface area contributed by atoms with Crippen LogP contribution in [0.1, 0.15) is 51.3 Å². The molecular weight excluding hydrogens is 426 g/mol. The summed E-state index contributed by atoms with van der Waals surface area (Å²) in [6, 6.07) is 21.2. The number of nitriles is 1. The Morgan fingerprint density at radius 3 is 2.59 bits per heavy atom. The van der Waals surface area contributed by atoms with Gasteiger partial charge in [-0.25, -0.2) is 0 Å². The van der Waals surface area contributed by atoms with E-state index in [1.54, 1.807) is 61.7 Å². The summed E-state index contributed by atoms with van der Waals surface area (Å²) in [5.41, 5.74) is 4.29. The van der Waals surface area contributed by atoms with Crippen molar-refractivity contribution in [3.8, 4) is 11.8 Å². The average Bonchev–Trinajstić information content (AvgIpc) is 2.83. The third kappa shape index (κ3) is 5.00. The highest BCUT2D eigenvalue weighted by atomic mass is 16.5. The molecule has 1 aliphatic rings. The third-order valence-corrected chi connectivity index (χ3v) is 5.65. The number of hydrogen-bond donors (Lipinski definition) is 2. The van der Waals surface area contributed by atoms with Crippen molar-refractivity contribution in [3.63, 3.8) is 0 Å². The molecule has 4 rings (SSSR count). The predicted octanol–water partition coefficient (Wildman–Crippen LogP) is 4.97. The molecule has 1 amide bonds. The Morgan fingerprint density at radius 1 is 1.06 bits per heavy atom. The fourth-order valence-corrected chi connectivity index (χ4v) is 4.05. The van der Waals surface area contributed by atoms with Crippen molar-refractivity contribution in [1.82, 2.24) is 5.32 Å². The zero-order valence-corrected chi connectivity index (χ0v) is 19.3. The second kappa shape index (κ2) is 9.24. The molecule has 6 heteroatoms. The van der Waals surface area contributed by atoms with Crippen LogP contribution in [-0.2, 0) is 6.42 Å².